The second-order valence-electron chi connectivity index (χ2n) is 7.51. The summed E-state index contributed by atoms with van der Waals surface area (Å²) in [5.74, 6) is -1.09. The number of anilines is 1. The molecule has 0 atom stereocenters. The van der Waals surface area contributed by atoms with Crippen molar-refractivity contribution in [1.29, 1.82) is 0 Å². The Bertz CT molecular complexity index is 1380. The van der Waals surface area contributed by atoms with Gasteiger partial charge < -0.3 is 10.1 Å². The van der Waals surface area contributed by atoms with E-state index >= 15 is 0 Å². The molecule has 0 aliphatic heterocycles. The third-order valence-corrected chi connectivity index (χ3v) is 5.34. The van der Waals surface area contributed by atoms with E-state index in [1.807, 2.05) is 14.0 Å². The first-order chi connectivity index (χ1) is 16.1. The predicted octanol–water partition coefficient (Wildman–Crippen LogP) is 3.96. The first-order valence-electron chi connectivity index (χ1n) is 10.0. The molecule has 4 rings (SSSR count). The molecule has 0 aliphatic rings. The van der Waals surface area contributed by atoms with Gasteiger partial charge in [-0.15, -0.1) is 5.10 Å². The highest BCUT2D eigenvalue weighted by atomic mass is 19.4. The van der Waals surface area contributed by atoms with Crippen molar-refractivity contribution in [2.45, 2.75) is 20.0 Å². The Labute approximate surface area is 192 Å². The quantitative estimate of drug-likeness (QED) is 0.473. The summed E-state index contributed by atoms with van der Waals surface area (Å²) >= 11 is 0. The van der Waals surface area contributed by atoms with Crippen molar-refractivity contribution in [2.75, 3.05) is 12.4 Å². The fraction of sp³-hybridized carbons (Fsp3) is 0.227. The zero-order valence-electron chi connectivity index (χ0n) is 18.7. The van der Waals surface area contributed by atoms with Crippen LogP contribution in [0.3, 0.4) is 0 Å². The van der Waals surface area contributed by atoms with Crippen molar-refractivity contribution < 1.29 is 22.7 Å². The molecule has 3 aromatic heterocycles. The maximum atomic E-state index is 13.3. The maximum Gasteiger partial charge on any atom is 0.419 e. The van der Waals surface area contributed by atoms with E-state index in [9.17, 15) is 18.0 Å². The molecule has 0 saturated heterocycles. The summed E-state index contributed by atoms with van der Waals surface area (Å²) in [6.45, 7) is 3.67. The molecule has 0 unspecified atom stereocenters. The number of carbonyl (C=O) groups is 1. The number of benzene rings is 1. The molecule has 0 fully saturated rings. The molecule has 1 amide bonds. The minimum atomic E-state index is -4.67. The van der Waals surface area contributed by atoms with Crippen molar-refractivity contribution in [1.82, 2.24) is 29.8 Å². The minimum Gasteiger partial charge on any atom is -0.496 e. The highest BCUT2D eigenvalue weighted by molar-refractivity contribution is 6.04. The highest BCUT2D eigenvalue weighted by Gasteiger charge is 2.35. The number of methoxy groups -OCH3 is 1. The Morgan fingerprint density at radius 1 is 1.15 bits per heavy atom. The number of alkyl halides is 3. The largest absolute Gasteiger partial charge is 0.496 e. The van der Waals surface area contributed by atoms with Crippen LogP contribution in [0.2, 0.25) is 0 Å². The van der Waals surface area contributed by atoms with Crippen molar-refractivity contribution in [3.8, 4) is 22.7 Å². The number of nitrogens with one attached hydrogen (secondary N) is 1. The van der Waals surface area contributed by atoms with Gasteiger partial charge in [0.1, 0.15) is 11.4 Å². The van der Waals surface area contributed by atoms with Gasteiger partial charge in [-0.2, -0.15) is 18.3 Å². The number of halogens is 3. The molecule has 0 aliphatic carbocycles. The summed E-state index contributed by atoms with van der Waals surface area (Å²) in [7, 11) is 2.96. The Balaban J connectivity index is 1.61. The summed E-state index contributed by atoms with van der Waals surface area (Å²) in [6.07, 6.45) is 0.139. The molecular weight excluding hydrogens is 451 g/mol. The molecular formula is C22H20F3N7O2. The van der Waals surface area contributed by atoms with E-state index in [0.717, 1.165) is 30.5 Å². The lowest BCUT2D eigenvalue weighted by Gasteiger charge is -2.14. The Morgan fingerprint density at radius 2 is 1.91 bits per heavy atom. The average molecular weight is 471 g/mol. The van der Waals surface area contributed by atoms with E-state index in [1.165, 1.54) is 16.9 Å². The third kappa shape index (κ3) is 4.34. The second kappa shape index (κ2) is 8.61. The summed E-state index contributed by atoms with van der Waals surface area (Å²) in [4.78, 5) is 16.9. The fourth-order valence-corrected chi connectivity index (χ4v) is 3.35. The van der Waals surface area contributed by atoms with Gasteiger partial charge in [-0.1, -0.05) is 5.21 Å². The van der Waals surface area contributed by atoms with Crippen LogP contribution in [-0.2, 0) is 13.2 Å². The van der Waals surface area contributed by atoms with Crippen molar-refractivity contribution in [3.05, 3.63) is 65.4 Å². The monoisotopic (exact) mass is 471 g/mol. The van der Waals surface area contributed by atoms with Gasteiger partial charge in [-0.25, -0.2) is 4.68 Å². The SMILES string of the molecule is COc1ccc(C(=O)Nc2cnc(C)c(-n3cc(-c4cnn(C)c4C)nn3)c2)cc1C(F)(F)F. The Hall–Kier alpha value is -4.22. The van der Waals surface area contributed by atoms with Crippen LogP contribution in [0, 0.1) is 13.8 Å². The van der Waals surface area contributed by atoms with Crippen LogP contribution in [0.5, 0.6) is 5.75 Å². The van der Waals surface area contributed by atoms with Crippen LogP contribution < -0.4 is 10.1 Å². The molecule has 3 heterocycles. The van der Waals surface area contributed by atoms with Crippen LogP contribution in [0.25, 0.3) is 16.9 Å². The number of hydrogen-bond donors (Lipinski definition) is 1. The average Bonchev–Trinajstić information content (AvgIpc) is 3.41. The first kappa shape index (κ1) is 23.0. The molecule has 12 heteroatoms. The standard InChI is InChI=1S/C22H20F3N7O2/c1-12-19(32-11-18(29-30-32)16-10-27-31(3)13(16)2)8-15(9-26-12)28-21(33)14-5-6-20(34-4)17(7-14)22(23,24)25/h5-11H,1-4H3,(H,28,33). The summed E-state index contributed by atoms with van der Waals surface area (Å²) in [6, 6.07) is 4.72. The molecule has 1 N–H and O–H groups in total. The van der Waals surface area contributed by atoms with Gasteiger partial charge in [0.15, 0.2) is 0 Å². The Kier molecular flexibility index (Phi) is 5.82. The van der Waals surface area contributed by atoms with E-state index in [1.54, 1.807) is 30.1 Å². The van der Waals surface area contributed by atoms with Gasteiger partial charge >= 0.3 is 6.18 Å². The van der Waals surface area contributed by atoms with Crippen LogP contribution in [-0.4, -0.2) is 42.8 Å². The number of amides is 1. The zero-order valence-corrected chi connectivity index (χ0v) is 18.7. The number of carbonyl (C=O) groups excluding carboxylic acids is 1. The van der Waals surface area contributed by atoms with E-state index in [0.29, 0.717) is 17.1 Å². The number of aromatic nitrogens is 6. The topological polar surface area (TPSA) is 99.8 Å². The number of aryl methyl sites for hydroxylation is 2. The van der Waals surface area contributed by atoms with Gasteiger partial charge in [-0.3, -0.25) is 14.5 Å². The maximum absolute atomic E-state index is 13.3. The summed E-state index contributed by atoms with van der Waals surface area (Å²) in [5, 5.41) is 15.1. The van der Waals surface area contributed by atoms with E-state index in [4.69, 9.17) is 4.74 Å². The third-order valence-electron chi connectivity index (χ3n) is 5.34. The number of rotatable bonds is 5. The van der Waals surface area contributed by atoms with E-state index in [-0.39, 0.29) is 17.0 Å². The van der Waals surface area contributed by atoms with Crippen molar-refractivity contribution in [3.63, 3.8) is 0 Å². The lowest BCUT2D eigenvalue weighted by atomic mass is 10.1. The van der Waals surface area contributed by atoms with Gasteiger partial charge in [0.2, 0.25) is 0 Å². The lowest BCUT2D eigenvalue weighted by molar-refractivity contribution is -0.138. The van der Waals surface area contributed by atoms with Gasteiger partial charge in [-0.05, 0) is 38.1 Å². The lowest BCUT2D eigenvalue weighted by Crippen LogP contribution is -2.15. The second-order valence-corrected chi connectivity index (χ2v) is 7.51. The van der Waals surface area contributed by atoms with Crippen LogP contribution in [0.4, 0.5) is 18.9 Å². The smallest absolute Gasteiger partial charge is 0.419 e. The van der Waals surface area contributed by atoms with Gasteiger partial charge in [0, 0.05) is 23.9 Å². The van der Waals surface area contributed by atoms with E-state index < -0.39 is 17.6 Å². The van der Waals surface area contributed by atoms with Crippen molar-refractivity contribution >= 4 is 11.6 Å². The van der Waals surface area contributed by atoms with Crippen LogP contribution in [0.1, 0.15) is 27.3 Å². The summed E-state index contributed by atoms with van der Waals surface area (Å²) in [5.41, 5.74) is 2.58. The molecule has 0 spiro atoms. The molecule has 34 heavy (non-hydrogen) atoms. The van der Waals surface area contributed by atoms with Gasteiger partial charge in [0.25, 0.3) is 5.91 Å². The normalized spacial score (nSPS) is 11.5. The first-order valence-corrected chi connectivity index (χ1v) is 10.0. The molecule has 4 aromatic rings. The minimum absolute atomic E-state index is 0.176. The number of hydrogen-bond acceptors (Lipinski definition) is 6. The molecule has 0 saturated carbocycles. The predicted molar refractivity (Wildman–Crippen MR) is 117 cm³/mol. The molecule has 0 bridgehead atoms. The molecule has 9 nitrogen and oxygen atoms in total. The number of ether oxygens (including phenoxy) is 1. The number of pyridine rings is 1. The fourth-order valence-electron chi connectivity index (χ4n) is 3.35. The Morgan fingerprint density at radius 3 is 2.56 bits per heavy atom. The van der Waals surface area contributed by atoms with E-state index in [2.05, 4.69) is 25.7 Å². The molecule has 1 aromatic carbocycles. The zero-order chi connectivity index (χ0) is 24.6. The number of nitrogens with zero attached hydrogens (tertiary/aromatic N) is 6. The van der Waals surface area contributed by atoms with Gasteiger partial charge in [0.05, 0.1) is 48.3 Å². The highest BCUT2D eigenvalue weighted by Crippen LogP contribution is 2.36. The van der Waals surface area contributed by atoms with Crippen molar-refractivity contribution in [2.24, 2.45) is 7.05 Å². The van der Waals surface area contributed by atoms with Crippen LogP contribution in [0.15, 0.2) is 42.9 Å². The molecule has 0 radical (unpaired) electrons. The molecule has 176 valence electrons. The summed E-state index contributed by atoms with van der Waals surface area (Å²) < 4.78 is 47.9. The van der Waals surface area contributed by atoms with Crippen LogP contribution >= 0.6 is 0 Å².